The predicted molar refractivity (Wildman–Crippen MR) is 45.0 cm³/mol. The van der Waals surface area contributed by atoms with Gasteiger partial charge < -0.3 is 9.64 Å². The monoisotopic (exact) mass is 209 g/mol. The molecule has 0 N–H and O–H groups in total. The quantitative estimate of drug-likeness (QED) is 0.651. The summed E-state index contributed by atoms with van der Waals surface area (Å²) >= 11 is 0. The van der Waals surface area contributed by atoms with Gasteiger partial charge in [-0.1, -0.05) is 0 Å². The second kappa shape index (κ2) is 2.64. The normalized spacial score (nSPS) is 29.8. The van der Waals surface area contributed by atoms with E-state index in [2.05, 4.69) is 4.74 Å². The zero-order valence-corrected chi connectivity index (χ0v) is 8.32. The van der Waals surface area contributed by atoms with Crippen LogP contribution in [0, 0.1) is 5.41 Å². The fraction of sp³-hybridized carbons (Fsp3) is 1.00. The highest BCUT2D eigenvalue weighted by Crippen LogP contribution is 2.60. The van der Waals surface area contributed by atoms with Gasteiger partial charge in [-0.25, -0.2) is 0 Å². The highest BCUT2D eigenvalue weighted by Gasteiger charge is 2.70. The number of ether oxygens (including phenoxy) is 1. The summed E-state index contributed by atoms with van der Waals surface area (Å²) in [5.41, 5.74) is -1.96. The number of nitrogens with zero attached hydrogens (tertiary/aromatic N) is 1. The summed E-state index contributed by atoms with van der Waals surface area (Å²) < 4.78 is 42.5. The van der Waals surface area contributed by atoms with Gasteiger partial charge in [0.2, 0.25) is 0 Å². The molecule has 2 nitrogen and oxygen atoms in total. The van der Waals surface area contributed by atoms with E-state index in [0.29, 0.717) is 0 Å². The molecular formula is C9H14F3NO. The molecule has 2 fully saturated rings. The minimum absolute atomic E-state index is 0.111. The Bertz CT molecular complexity index is 237. The Morgan fingerprint density at radius 2 is 1.71 bits per heavy atom. The molecule has 0 radical (unpaired) electrons. The third kappa shape index (κ3) is 1.18. The Hall–Kier alpha value is -0.290. The molecule has 0 amide bonds. The van der Waals surface area contributed by atoms with Crippen LogP contribution in [-0.2, 0) is 4.74 Å². The molecule has 1 saturated heterocycles. The average Bonchev–Trinajstić information content (AvgIpc) is 1.90. The van der Waals surface area contributed by atoms with Crippen LogP contribution in [0.1, 0.15) is 12.8 Å². The maximum atomic E-state index is 12.6. The predicted octanol–water partition coefficient (Wildman–Crippen LogP) is 1.66. The van der Waals surface area contributed by atoms with Crippen molar-refractivity contribution in [3.8, 4) is 0 Å². The molecule has 2 rings (SSSR count). The summed E-state index contributed by atoms with van der Waals surface area (Å²) in [5.74, 6) is 0. The van der Waals surface area contributed by atoms with Gasteiger partial charge in [-0.05, 0) is 19.9 Å². The van der Waals surface area contributed by atoms with Crippen LogP contribution in [0.5, 0.6) is 0 Å². The van der Waals surface area contributed by atoms with Gasteiger partial charge in [-0.3, -0.25) is 0 Å². The molecule has 0 atom stereocenters. The zero-order valence-electron chi connectivity index (χ0n) is 8.32. The number of halogens is 3. The summed E-state index contributed by atoms with van der Waals surface area (Å²) in [6.07, 6.45) is -3.96. The van der Waals surface area contributed by atoms with Crippen LogP contribution < -0.4 is 0 Å². The molecule has 2 aliphatic rings. The highest BCUT2D eigenvalue weighted by atomic mass is 19.4. The minimum Gasteiger partial charge on any atom is -0.369 e. The zero-order chi connectivity index (χ0) is 10.6. The van der Waals surface area contributed by atoms with Gasteiger partial charge in [0.05, 0.1) is 0 Å². The third-order valence-corrected chi connectivity index (χ3v) is 3.44. The largest absolute Gasteiger partial charge is 0.417 e. The fourth-order valence-electron chi connectivity index (χ4n) is 2.94. The van der Waals surface area contributed by atoms with Crippen molar-refractivity contribution in [3.63, 3.8) is 0 Å². The van der Waals surface area contributed by atoms with E-state index in [1.165, 1.54) is 0 Å². The first-order chi connectivity index (χ1) is 6.33. The van der Waals surface area contributed by atoms with Gasteiger partial charge in [0.15, 0.2) is 5.60 Å². The molecule has 1 heterocycles. The highest BCUT2D eigenvalue weighted by molar-refractivity contribution is 5.14. The molecule has 0 bridgehead atoms. The average molecular weight is 209 g/mol. The Morgan fingerprint density at radius 3 is 2.00 bits per heavy atom. The van der Waals surface area contributed by atoms with Gasteiger partial charge in [0.1, 0.15) is 0 Å². The maximum Gasteiger partial charge on any atom is 0.417 e. The molecular weight excluding hydrogens is 195 g/mol. The lowest BCUT2D eigenvalue weighted by atomic mass is 9.55. The summed E-state index contributed by atoms with van der Waals surface area (Å²) in [6.45, 7) is 1.54. The first-order valence-electron chi connectivity index (χ1n) is 4.63. The van der Waals surface area contributed by atoms with E-state index in [4.69, 9.17) is 0 Å². The number of hydrogen-bond acceptors (Lipinski definition) is 2. The van der Waals surface area contributed by atoms with Crippen molar-refractivity contribution in [1.29, 1.82) is 0 Å². The third-order valence-electron chi connectivity index (χ3n) is 3.44. The summed E-state index contributed by atoms with van der Waals surface area (Å²) in [6, 6.07) is 0. The van der Waals surface area contributed by atoms with E-state index >= 15 is 0 Å². The van der Waals surface area contributed by atoms with Crippen molar-refractivity contribution >= 4 is 0 Å². The molecule has 1 aliphatic carbocycles. The first kappa shape index (κ1) is 10.2. The van der Waals surface area contributed by atoms with Crippen molar-refractivity contribution < 1.29 is 17.9 Å². The molecule has 0 unspecified atom stereocenters. The molecule has 0 aromatic carbocycles. The minimum atomic E-state index is -4.22. The SMILES string of the molecule is COC1(C(F)(F)F)CC2(CN(C)C2)C1. The van der Waals surface area contributed by atoms with Crippen molar-refractivity contribution in [2.24, 2.45) is 5.41 Å². The van der Waals surface area contributed by atoms with E-state index < -0.39 is 11.8 Å². The van der Waals surface area contributed by atoms with Crippen molar-refractivity contribution in [2.75, 3.05) is 27.2 Å². The number of hydrogen-bond donors (Lipinski definition) is 0. The summed E-state index contributed by atoms with van der Waals surface area (Å²) in [7, 11) is 3.08. The van der Waals surface area contributed by atoms with Gasteiger partial charge in [-0.15, -0.1) is 0 Å². The molecule has 82 valence electrons. The molecule has 1 aliphatic heterocycles. The second-order valence-corrected chi connectivity index (χ2v) is 4.72. The Balaban J connectivity index is 2.02. The van der Waals surface area contributed by atoms with Crippen molar-refractivity contribution in [2.45, 2.75) is 24.6 Å². The summed E-state index contributed by atoms with van der Waals surface area (Å²) in [5, 5.41) is 0. The van der Waals surface area contributed by atoms with E-state index in [1.807, 2.05) is 11.9 Å². The molecule has 1 saturated carbocycles. The fourth-order valence-corrected chi connectivity index (χ4v) is 2.94. The van der Waals surface area contributed by atoms with Gasteiger partial charge in [0.25, 0.3) is 0 Å². The number of methoxy groups -OCH3 is 1. The van der Waals surface area contributed by atoms with E-state index in [0.717, 1.165) is 20.2 Å². The Morgan fingerprint density at radius 1 is 1.21 bits per heavy atom. The molecule has 0 aromatic rings. The van der Waals surface area contributed by atoms with Crippen LogP contribution >= 0.6 is 0 Å². The lowest BCUT2D eigenvalue weighted by molar-refractivity contribution is -0.339. The molecule has 5 heteroatoms. The Kier molecular flexibility index (Phi) is 1.93. The van der Waals surface area contributed by atoms with E-state index in [9.17, 15) is 13.2 Å². The lowest BCUT2D eigenvalue weighted by Crippen LogP contribution is -2.71. The van der Waals surface area contributed by atoms with E-state index in [1.54, 1.807) is 0 Å². The van der Waals surface area contributed by atoms with Crippen LogP contribution in [0.15, 0.2) is 0 Å². The van der Waals surface area contributed by atoms with Crippen LogP contribution in [0.3, 0.4) is 0 Å². The second-order valence-electron chi connectivity index (χ2n) is 4.72. The molecule has 0 aromatic heterocycles. The first-order valence-corrected chi connectivity index (χ1v) is 4.63. The molecule has 14 heavy (non-hydrogen) atoms. The van der Waals surface area contributed by atoms with E-state index in [-0.39, 0.29) is 18.3 Å². The molecule has 1 spiro atoms. The van der Waals surface area contributed by atoms with Crippen LogP contribution in [0.4, 0.5) is 13.2 Å². The van der Waals surface area contributed by atoms with Crippen molar-refractivity contribution in [3.05, 3.63) is 0 Å². The van der Waals surface area contributed by atoms with Gasteiger partial charge in [0, 0.05) is 25.6 Å². The van der Waals surface area contributed by atoms with Crippen molar-refractivity contribution in [1.82, 2.24) is 4.90 Å². The number of likely N-dealkylation sites (tertiary alicyclic amines) is 1. The lowest BCUT2D eigenvalue weighted by Gasteiger charge is -2.62. The Labute approximate surface area is 81.0 Å². The smallest absolute Gasteiger partial charge is 0.369 e. The topological polar surface area (TPSA) is 12.5 Å². The van der Waals surface area contributed by atoms with Gasteiger partial charge >= 0.3 is 6.18 Å². The standard InChI is InChI=1S/C9H14F3NO/c1-13-5-7(6-13)3-8(4-7,14-2)9(10,11)12/h3-6H2,1-2H3. The number of alkyl halides is 3. The van der Waals surface area contributed by atoms with Crippen LogP contribution in [0.25, 0.3) is 0 Å². The maximum absolute atomic E-state index is 12.6. The van der Waals surface area contributed by atoms with Crippen LogP contribution in [-0.4, -0.2) is 43.9 Å². The summed E-state index contributed by atoms with van der Waals surface area (Å²) in [4.78, 5) is 2.04. The number of rotatable bonds is 1. The van der Waals surface area contributed by atoms with Gasteiger partial charge in [-0.2, -0.15) is 13.2 Å². The van der Waals surface area contributed by atoms with Crippen LogP contribution in [0.2, 0.25) is 0 Å².